The Bertz CT molecular complexity index is 720. The second-order valence-corrected chi connectivity index (χ2v) is 4.98. The number of para-hydroxylation sites is 1. The summed E-state index contributed by atoms with van der Waals surface area (Å²) < 4.78 is 1.03. The molecule has 1 amide bonds. The lowest BCUT2D eigenvalue weighted by atomic mass is 10.2. The van der Waals surface area contributed by atoms with Gasteiger partial charge in [-0.1, -0.05) is 23.5 Å². The molecule has 5 nitrogen and oxygen atoms in total. The Morgan fingerprint density at radius 1 is 1.26 bits per heavy atom. The highest BCUT2D eigenvalue weighted by Gasteiger charge is 2.10. The zero-order valence-corrected chi connectivity index (χ0v) is 10.6. The molecule has 0 saturated carbocycles. The molecule has 6 heteroatoms. The molecule has 3 N–H and O–H groups in total. The van der Waals surface area contributed by atoms with Crippen molar-refractivity contribution in [3.05, 3.63) is 48.3 Å². The number of carbonyl (C=O) groups is 1. The third-order valence-electron chi connectivity index (χ3n) is 2.54. The second kappa shape index (κ2) is 4.66. The lowest BCUT2D eigenvalue weighted by Gasteiger charge is -2.01. The van der Waals surface area contributed by atoms with E-state index in [1.807, 2.05) is 24.3 Å². The van der Waals surface area contributed by atoms with Crippen molar-refractivity contribution >= 4 is 38.3 Å². The third-order valence-corrected chi connectivity index (χ3v) is 3.49. The van der Waals surface area contributed by atoms with Gasteiger partial charge in [0.15, 0.2) is 5.13 Å². The van der Waals surface area contributed by atoms with E-state index in [9.17, 15) is 4.79 Å². The molecule has 0 radical (unpaired) electrons. The lowest BCUT2D eigenvalue weighted by molar-refractivity contribution is 0.102. The monoisotopic (exact) mass is 270 g/mol. The molecule has 0 saturated heterocycles. The van der Waals surface area contributed by atoms with E-state index < -0.39 is 0 Å². The van der Waals surface area contributed by atoms with E-state index in [0.29, 0.717) is 16.4 Å². The summed E-state index contributed by atoms with van der Waals surface area (Å²) in [7, 11) is 0. The minimum Gasteiger partial charge on any atom is -0.397 e. The van der Waals surface area contributed by atoms with E-state index in [1.165, 1.54) is 23.7 Å². The van der Waals surface area contributed by atoms with Crippen LogP contribution in [0.15, 0.2) is 42.7 Å². The number of amides is 1. The highest BCUT2D eigenvalue weighted by Crippen LogP contribution is 2.25. The Labute approximate surface area is 113 Å². The van der Waals surface area contributed by atoms with Gasteiger partial charge in [0.25, 0.3) is 5.91 Å². The average molecular weight is 270 g/mol. The van der Waals surface area contributed by atoms with Gasteiger partial charge in [0.2, 0.25) is 0 Å². The fraction of sp³-hybridized carbons (Fsp3) is 0. The maximum Gasteiger partial charge on any atom is 0.259 e. The number of thiazole rings is 1. The largest absolute Gasteiger partial charge is 0.397 e. The molecule has 0 atom stereocenters. The van der Waals surface area contributed by atoms with Gasteiger partial charge >= 0.3 is 0 Å². The molecule has 0 spiro atoms. The number of anilines is 2. The number of hydrogen-bond acceptors (Lipinski definition) is 5. The first-order valence-corrected chi connectivity index (χ1v) is 6.41. The van der Waals surface area contributed by atoms with Gasteiger partial charge in [-0.05, 0) is 18.2 Å². The number of benzene rings is 1. The topological polar surface area (TPSA) is 80.9 Å². The minimum atomic E-state index is -0.265. The van der Waals surface area contributed by atoms with Crippen LogP contribution in [0.1, 0.15) is 10.4 Å². The van der Waals surface area contributed by atoms with Crippen molar-refractivity contribution in [2.45, 2.75) is 0 Å². The van der Waals surface area contributed by atoms with E-state index in [0.717, 1.165) is 10.2 Å². The molecule has 0 bridgehead atoms. The summed E-state index contributed by atoms with van der Waals surface area (Å²) in [6.07, 6.45) is 2.97. The van der Waals surface area contributed by atoms with Crippen LogP contribution in [0, 0.1) is 0 Å². The summed E-state index contributed by atoms with van der Waals surface area (Å²) in [6, 6.07) is 9.30. The Balaban J connectivity index is 1.86. The molecular weight excluding hydrogens is 260 g/mol. The van der Waals surface area contributed by atoms with Crippen molar-refractivity contribution in [2.24, 2.45) is 0 Å². The van der Waals surface area contributed by atoms with Crippen molar-refractivity contribution in [1.29, 1.82) is 0 Å². The quantitative estimate of drug-likeness (QED) is 0.749. The van der Waals surface area contributed by atoms with Gasteiger partial charge in [0.1, 0.15) is 0 Å². The minimum absolute atomic E-state index is 0.265. The first kappa shape index (κ1) is 11.6. The maximum atomic E-state index is 12.0. The number of rotatable bonds is 2. The number of nitrogens with one attached hydrogen (secondary N) is 1. The van der Waals surface area contributed by atoms with Gasteiger partial charge in [0.05, 0.1) is 21.5 Å². The van der Waals surface area contributed by atoms with Crippen molar-refractivity contribution in [3.63, 3.8) is 0 Å². The summed E-state index contributed by atoms with van der Waals surface area (Å²) in [5, 5.41) is 3.31. The van der Waals surface area contributed by atoms with Gasteiger partial charge in [-0.15, -0.1) is 0 Å². The van der Waals surface area contributed by atoms with Gasteiger partial charge in [-0.3, -0.25) is 15.1 Å². The Hall–Kier alpha value is -2.47. The van der Waals surface area contributed by atoms with E-state index in [1.54, 1.807) is 6.07 Å². The molecule has 19 heavy (non-hydrogen) atoms. The summed E-state index contributed by atoms with van der Waals surface area (Å²) in [4.78, 5) is 20.2. The van der Waals surface area contributed by atoms with E-state index in [4.69, 9.17) is 5.73 Å². The zero-order chi connectivity index (χ0) is 13.2. The predicted octanol–water partition coefficient (Wildman–Crippen LogP) is 2.53. The van der Waals surface area contributed by atoms with Gasteiger partial charge in [-0.2, -0.15) is 0 Å². The molecule has 0 aliphatic carbocycles. The van der Waals surface area contributed by atoms with Gasteiger partial charge in [-0.25, -0.2) is 4.98 Å². The van der Waals surface area contributed by atoms with Crippen LogP contribution in [0.3, 0.4) is 0 Å². The number of nitrogen functional groups attached to an aromatic ring is 1. The molecule has 2 heterocycles. The number of pyridine rings is 1. The highest BCUT2D eigenvalue weighted by molar-refractivity contribution is 7.22. The standard InChI is InChI=1S/C13H10N4OS/c14-9-5-8(6-15-7-9)12(18)17-13-16-10-3-1-2-4-11(10)19-13/h1-7H,14H2,(H,16,17,18). The van der Waals surface area contributed by atoms with Crippen molar-refractivity contribution in [1.82, 2.24) is 9.97 Å². The summed E-state index contributed by atoms with van der Waals surface area (Å²) in [5.41, 5.74) is 7.34. The van der Waals surface area contributed by atoms with E-state index in [-0.39, 0.29) is 5.91 Å². The van der Waals surface area contributed by atoms with Gasteiger partial charge in [0, 0.05) is 12.4 Å². The molecule has 94 valence electrons. The van der Waals surface area contributed by atoms with Crippen LogP contribution in [0.2, 0.25) is 0 Å². The summed E-state index contributed by atoms with van der Waals surface area (Å²) >= 11 is 1.43. The number of aromatic nitrogens is 2. The maximum absolute atomic E-state index is 12.0. The zero-order valence-electron chi connectivity index (χ0n) is 9.83. The summed E-state index contributed by atoms with van der Waals surface area (Å²) in [6.45, 7) is 0. The number of hydrogen-bond donors (Lipinski definition) is 2. The van der Waals surface area contributed by atoms with Crippen LogP contribution in [-0.4, -0.2) is 15.9 Å². The first-order valence-electron chi connectivity index (χ1n) is 5.60. The fourth-order valence-electron chi connectivity index (χ4n) is 1.68. The molecular formula is C13H10N4OS. The smallest absolute Gasteiger partial charge is 0.259 e. The third kappa shape index (κ3) is 2.38. The van der Waals surface area contributed by atoms with Gasteiger partial charge < -0.3 is 5.73 Å². The fourth-order valence-corrected chi connectivity index (χ4v) is 2.54. The van der Waals surface area contributed by atoms with Crippen molar-refractivity contribution in [2.75, 3.05) is 11.1 Å². The first-order chi connectivity index (χ1) is 9.22. The van der Waals surface area contributed by atoms with E-state index >= 15 is 0 Å². The van der Waals surface area contributed by atoms with Crippen LogP contribution >= 0.6 is 11.3 Å². The normalized spacial score (nSPS) is 10.5. The molecule has 2 aromatic heterocycles. The number of nitrogens with two attached hydrogens (primary N) is 1. The highest BCUT2D eigenvalue weighted by atomic mass is 32.1. The van der Waals surface area contributed by atoms with Crippen LogP contribution in [0.25, 0.3) is 10.2 Å². The average Bonchev–Trinajstić information content (AvgIpc) is 2.80. The SMILES string of the molecule is Nc1cncc(C(=O)Nc2nc3ccccc3s2)c1. The molecule has 0 aliphatic heterocycles. The molecule has 3 rings (SSSR count). The lowest BCUT2D eigenvalue weighted by Crippen LogP contribution is -2.12. The number of carbonyl (C=O) groups excluding carboxylic acids is 1. The summed E-state index contributed by atoms with van der Waals surface area (Å²) in [5.74, 6) is -0.265. The van der Waals surface area contributed by atoms with Crippen molar-refractivity contribution in [3.8, 4) is 0 Å². The van der Waals surface area contributed by atoms with Crippen LogP contribution in [0.5, 0.6) is 0 Å². The molecule has 0 aliphatic rings. The molecule has 0 fully saturated rings. The Kier molecular flexibility index (Phi) is 2.85. The number of fused-ring (bicyclic) bond motifs is 1. The Morgan fingerprint density at radius 2 is 2.11 bits per heavy atom. The van der Waals surface area contributed by atoms with Crippen LogP contribution in [-0.2, 0) is 0 Å². The predicted molar refractivity (Wildman–Crippen MR) is 76.2 cm³/mol. The van der Waals surface area contributed by atoms with Crippen LogP contribution < -0.4 is 11.1 Å². The van der Waals surface area contributed by atoms with Crippen LogP contribution in [0.4, 0.5) is 10.8 Å². The Morgan fingerprint density at radius 3 is 2.89 bits per heavy atom. The number of nitrogens with zero attached hydrogens (tertiary/aromatic N) is 2. The molecule has 3 aromatic rings. The molecule has 1 aromatic carbocycles. The van der Waals surface area contributed by atoms with E-state index in [2.05, 4.69) is 15.3 Å². The molecule has 0 unspecified atom stereocenters. The van der Waals surface area contributed by atoms with Crippen molar-refractivity contribution < 1.29 is 4.79 Å². The second-order valence-electron chi connectivity index (χ2n) is 3.95.